The number of nitrogens with zero attached hydrogens (tertiary/aromatic N) is 3. The highest BCUT2D eigenvalue weighted by atomic mass is 16.3. The average molecular weight is 322 g/mol. The van der Waals surface area contributed by atoms with Crippen LogP contribution in [0.5, 0.6) is 0 Å². The predicted octanol–water partition coefficient (Wildman–Crippen LogP) is 1.77. The van der Waals surface area contributed by atoms with Crippen molar-refractivity contribution in [2.75, 3.05) is 19.6 Å². The highest BCUT2D eigenvalue weighted by molar-refractivity contribution is 5.74. The summed E-state index contributed by atoms with van der Waals surface area (Å²) in [5.74, 6) is 0.204. The van der Waals surface area contributed by atoms with Gasteiger partial charge in [-0.1, -0.05) is 0 Å². The van der Waals surface area contributed by atoms with Crippen molar-refractivity contribution in [3.63, 3.8) is 0 Å². The Kier molecular flexibility index (Phi) is 6.04. The fourth-order valence-electron chi connectivity index (χ4n) is 3.34. The summed E-state index contributed by atoms with van der Waals surface area (Å²) in [6.45, 7) is 8.04. The number of piperidine rings is 1. The summed E-state index contributed by atoms with van der Waals surface area (Å²) in [6, 6.07) is -0.00465. The van der Waals surface area contributed by atoms with Crippen molar-refractivity contribution >= 4 is 6.03 Å². The molecule has 2 N–H and O–H groups in total. The van der Waals surface area contributed by atoms with Crippen molar-refractivity contribution in [1.29, 1.82) is 0 Å². The number of aryl methyl sites for hydroxylation is 2. The quantitative estimate of drug-likeness (QED) is 0.812. The van der Waals surface area contributed by atoms with Gasteiger partial charge in [-0.3, -0.25) is 4.68 Å². The zero-order valence-corrected chi connectivity index (χ0v) is 14.8. The first-order valence-corrected chi connectivity index (χ1v) is 8.60. The lowest BCUT2D eigenvalue weighted by molar-refractivity contribution is 0.0739. The van der Waals surface area contributed by atoms with Crippen LogP contribution in [0.25, 0.3) is 0 Å². The van der Waals surface area contributed by atoms with Crippen LogP contribution in [-0.4, -0.2) is 51.6 Å². The van der Waals surface area contributed by atoms with Crippen molar-refractivity contribution in [3.8, 4) is 0 Å². The van der Waals surface area contributed by atoms with Crippen molar-refractivity contribution < 1.29 is 9.90 Å². The molecule has 0 aromatic carbocycles. The van der Waals surface area contributed by atoms with E-state index >= 15 is 0 Å². The minimum absolute atomic E-state index is 0.00465. The van der Waals surface area contributed by atoms with Gasteiger partial charge < -0.3 is 15.3 Å². The number of carbonyl (C=O) groups is 1. The molecule has 6 nitrogen and oxygen atoms in total. The lowest BCUT2D eigenvalue weighted by atomic mass is 9.94. The average Bonchev–Trinajstić information content (AvgIpc) is 2.77. The van der Waals surface area contributed by atoms with Gasteiger partial charge in [0.15, 0.2) is 0 Å². The van der Waals surface area contributed by atoms with E-state index in [1.54, 1.807) is 0 Å². The normalized spacial score (nSPS) is 19.7. The molecule has 1 aromatic heterocycles. The second-order valence-electron chi connectivity index (χ2n) is 6.70. The molecule has 6 heteroatoms. The molecule has 0 spiro atoms. The number of nitrogens with one attached hydrogen (secondary N) is 1. The van der Waals surface area contributed by atoms with E-state index in [1.807, 2.05) is 30.5 Å². The van der Waals surface area contributed by atoms with Crippen LogP contribution in [-0.2, 0) is 13.5 Å². The van der Waals surface area contributed by atoms with Crippen LogP contribution >= 0.6 is 0 Å². The van der Waals surface area contributed by atoms with E-state index in [2.05, 4.69) is 17.3 Å². The Balaban J connectivity index is 1.74. The van der Waals surface area contributed by atoms with E-state index in [0.29, 0.717) is 13.1 Å². The van der Waals surface area contributed by atoms with Crippen molar-refractivity contribution in [1.82, 2.24) is 20.0 Å². The van der Waals surface area contributed by atoms with Crippen LogP contribution in [0, 0.1) is 19.8 Å². The number of amides is 2. The third kappa shape index (κ3) is 4.47. The smallest absolute Gasteiger partial charge is 0.317 e. The van der Waals surface area contributed by atoms with Crippen molar-refractivity contribution in [3.05, 3.63) is 17.0 Å². The lowest BCUT2D eigenvalue weighted by Crippen LogP contribution is -2.47. The number of hydrogen-bond donors (Lipinski definition) is 2. The molecule has 23 heavy (non-hydrogen) atoms. The number of aromatic nitrogens is 2. The minimum Gasteiger partial charge on any atom is -0.393 e. The lowest BCUT2D eigenvalue weighted by Gasteiger charge is -2.34. The second kappa shape index (κ2) is 7.81. The minimum atomic E-state index is -0.345. The first-order chi connectivity index (χ1) is 10.9. The third-order valence-corrected chi connectivity index (χ3v) is 4.97. The van der Waals surface area contributed by atoms with Crippen molar-refractivity contribution in [2.45, 2.75) is 52.6 Å². The fraction of sp³-hybridized carbons (Fsp3) is 0.765. The van der Waals surface area contributed by atoms with Gasteiger partial charge in [0.2, 0.25) is 0 Å². The van der Waals surface area contributed by atoms with Gasteiger partial charge in [-0.15, -0.1) is 0 Å². The van der Waals surface area contributed by atoms with Gasteiger partial charge in [-0.2, -0.15) is 5.10 Å². The molecule has 2 unspecified atom stereocenters. The number of hydrogen-bond acceptors (Lipinski definition) is 3. The molecule has 1 aromatic rings. The van der Waals surface area contributed by atoms with Gasteiger partial charge in [-0.25, -0.2) is 4.79 Å². The van der Waals surface area contributed by atoms with E-state index in [4.69, 9.17) is 0 Å². The molecule has 2 amide bonds. The van der Waals surface area contributed by atoms with Gasteiger partial charge in [0, 0.05) is 38.3 Å². The summed E-state index contributed by atoms with van der Waals surface area (Å²) >= 11 is 0. The molecule has 0 bridgehead atoms. The number of rotatable bonds is 5. The van der Waals surface area contributed by atoms with Gasteiger partial charge in [0.05, 0.1) is 11.8 Å². The third-order valence-electron chi connectivity index (χ3n) is 4.97. The maximum atomic E-state index is 12.2. The molecular weight excluding hydrogens is 292 g/mol. The molecule has 0 radical (unpaired) electrons. The van der Waals surface area contributed by atoms with Gasteiger partial charge in [0.25, 0.3) is 0 Å². The first kappa shape index (κ1) is 17.8. The predicted molar refractivity (Wildman–Crippen MR) is 90.4 cm³/mol. The summed E-state index contributed by atoms with van der Waals surface area (Å²) < 4.78 is 1.91. The number of urea groups is 1. The van der Waals surface area contributed by atoms with E-state index in [1.165, 1.54) is 11.3 Å². The van der Waals surface area contributed by atoms with Crippen LogP contribution in [0.2, 0.25) is 0 Å². The highest BCUT2D eigenvalue weighted by Crippen LogP contribution is 2.19. The van der Waals surface area contributed by atoms with Crippen LogP contribution in [0.3, 0.4) is 0 Å². The Morgan fingerprint density at radius 3 is 2.83 bits per heavy atom. The first-order valence-electron chi connectivity index (χ1n) is 8.60. The molecule has 130 valence electrons. The number of carbonyl (C=O) groups excluding carboxylic acids is 1. The second-order valence-corrected chi connectivity index (χ2v) is 6.70. The van der Waals surface area contributed by atoms with Gasteiger partial charge in [0.1, 0.15) is 0 Å². The van der Waals surface area contributed by atoms with E-state index in [9.17, 15) is 9.90 Å². The zero-order chi connectivity index (χ0) is 17.0. The Bertz CT molecular complexity index is 539. The fourth-order valence-corrected chi connectivity index (χ4v) is 3.34. The Morgan fingerprint density at radius 2 is 2.22 bits per heavy atom. The van der Waals surface area contributed by atoms with E-state index in [0.717, 1.165) is 37.9 Å². The Labute approximate surface area is 138 Å². The molecule has 1 fully saturated rings. The molecule has 1 saturated heterocycles. The maximum Gasteiger partial charge on any atom is 0.317 e. The maximum absolute atomic E-state index is 12.2. The van der Waals surface area contributed by atoms with E-state index < -0.39 is 0 Å². The van der Waals surface area contributed by atoms with Crippen LogP contribution in [0.15, 0.2) is 0 Å². The summed E-state index contributed by atoms with van der Waals surface area (Å²) in [5.41, 5.74) is 3.56. The van der Waals surface area contributed by atoms with Crippen molar-refractivity contribution in [2.24, 2.45) is 13.0 Å². The molecule has 2 rings (SSSR count). The molecule has 2 atom stereocenters. The Morgan fingerprint density at radius 1 is 1.48 bits per heavy atom. The molecule has 1 aliphatic heterocycles. The van der Waals surface area contributed by atoms with Crippen LogP contribution in [0.1, 0.15) is 43.1 Å². The van der Waals surface area contributed by atoms with E-state index in [-0.39, 0.29) is 18.1 Å². The number of likely N-dealkylation sites (tertiary alicyclic amines) is 1. The summed E-state index contributed by atoms with van der Waals surface area (Å²) in [7, 11) is 1.96. The zero-order valence-electron chi connectivity index (χ0n) is 14.8. The van der Waals surface area contributed by atoms with Gasteiger partial charge >= 0.3 is 6.03 Å². The van der Waals surface area contributed by atoms with Crippen LogP contribution in [0.4, 0.5) is 4.79 Å². The summed E-state index contributed by atoms with van der Waals surface area (Å²) in [5, 5.41) is 17.1. The topological polar surface area (TPSA) is 70.4 Å². The summed E-state index contributed by atoms with van der Waals surface area (Å²) in [4.78, 5) is 14.1. The van der Waals surface area contributed by atoms with Crippen LogP contribution < -0.4 is 5.32 Å². The molecule has 2 heterocycles. The molecular formula is C17H30N4O2. The standard InChI is InChI=1S/C17H30N4O2/c1-12-16(13(2)20(4)19-12)8-5-9-18-17(23)21-10-6-7-15(11-21)14(3)22/h14-15,22H,5-11H2,1-4H3,(H,18,23). The molecule has 0 aliphatic carbocycles. The molecule has 1 aliphatic rings. The number of aliphatic hydroxyl groups excluding tert-OH is 1. The monoisotopic (exact) mass is 322 g/mol. The number of aliphatic hydroxyl groups is 1. The summed E-state index contributed by atoms with van der Waals surface area (Å²) in [6.07, 6.45) is 3.47. The largest absolute Gasteiger partial charge is 0.393 e. The van der Waals surface area contributed by atoms with Gasteiger partial charge in [-0.05, 0) is 52.0 Å². The SMILES string of the molecule is Cc1nn(C)c(C)c1CCCNC(=O)N1CCCC(C(C)O)C1. The Hall–Kier alpha value is -1.56. The highest BCUT2D eigenvalue weighted by Gasteiger charge is 2.26. The molecule has 0 saturated carbocycles.